The molecule has 0 spiro atoms. The van der Waals surface area contributed by atoms with Gasteiger partial charge in [0.25, 0.3) is 0 Å². The van der Waals surface area contributed by atoms with Crippen molar-refractivity contribution >= 4 is 21.7 Å². The number of pyridine rings is 1. The molecule has 0 aliphatic heterocycles. The van der Waals surface area contributed by atoms with E-state index in [9.17, 15) is 5.11 Å². The quantitative estimate of drug-likeness (QED) is 0.801. The van der Waals surface area contributed by atoms with Crippen LogP contribution in [0.25, 0.3) is 0 Å². The van der Waals surface area contributed by atoms with E-state index in [1.165, 1.54) is 5.56 Å². The number of aliphatic hydroxyl groups is 1. The molecule has 0 saturated heterocycles. The first-order valence-corrected chi connectivity index (χ1v) is 8.26. The van der Waals surface area contributed by atoms with E-state index < -0.39 is 0 Å². The highest BCUT2D eigenvalue weighted by molar-refractivity contribution is 9.10. The Balaban J connectivity index is 2.18. The highest BCUT2D eigenvalue weighted by Crippen LogP contribution is 2.35. The number of rotatable bonds is 6. The van der Waals surface area contributed by atoms with Gasteiger partial charge in [0.1, 0.15) is 5.82 Å². The topological polar surface area (TPSA) is 45.2 Å². The van der Waals surface area contributed by atoms with E-state index in [-0.39, 0.29) is 17.9 Å². The first-order chi connectivity index (χ1) is 10.4. The standard InChI is InChI=1S/C18H23BrN2O/c1-13-16(19)9-10-17(21-13)20-11-15(18(2,3)12-22)14-7-5-4-6-8-14/h4-10,15,22H,11-12H2,1-3H3,(H,20,21). The van der Waals surface area contributed by atoms with Crippen LogP contribution < -0.4 is 5.32 Å². The lowest BCUT2D eigenvalue weighted by Gasteiger charge is -2.33. The normalized spacial score (nSPS) is 13.0. The molecular weight excluding hydrogens is 340 g/mol. The molecule has 1 unspecified atom stereocenters. The third-order valence-electron chi connectivity index (χ3n) is 4.06. The lowest BCUT2D eigenvalue weighted by Crippen LogP contribution is -2.31. The molecule has 22 heavy (non-hydrogen) atoms. The Labute approximate surface area is 140 Å². The van der Waals surface area contributed by atoms with E-state index in [1.54, 1.807) is 0 Å². The SMILES string of the molecule is Cc1nc(NCC(c2ccccc2)C(C)(C)CO)ccc1Br. The van der Waals surface area contributed by atoms with Gasteiger partial charge in [0.15, 0.2) is 0 Å². The Morgan fingerprint density at radius 3 is 2.45 bits per heavy atom. The van der Waals surface area contributed by atoms with Crippen molar-refractivity contribution in [3.8, 4) is 0 Å². The number of anilines is 1. The van der Waals surface area contributed by atoms with Crippen molar-refractivity contribution in [1.29, 1.82) is 0 Å². The van der Waals surface area contributed by atoms with Crippen molar-refractivity contribution < 1.29 is 5.11 Å². The van der Waals surface area contributed by atoms with E-state index in [2.05, 4.69) is 52.2 Å². The number of benzene rings is 1. The van der Waals surface area contributed by atoms with Gasteiger partial charge in [-0.3, -0.25) is 0 Å². The van der Waals surface area contributed by atoms with Crippen LogP contribution in [-0.4, -0.2) is 23.2 Å². The van der Waals surface area contributed by atoms with Crippen LogP contribution in [0.15, 0.2) is 46.9 Å². The van der Waals surface area contributed by atoms with E-state index >= 15 is 0 Å². The molecule has 4 heteroatoms. The average molecular weight is 363 g/mol. The van der Waals surface area contributed by atoms with Gasteiger partial charge >= 0.3 is 0 Å². The summed E-state index contributed by atoms with van der Waals surface area (Å²) in [5.41, 5.74) is 1.98. The van der Waals surface area contributed by atoms with Crippen molar-refractivity contribution in [1.82, 2.24) is 4.98 Å². The number of hydrogen-bond acceptors (Lipinski definition) is 3. The summed E-state index contributed by atoms with van der Waals surface area (Å²) in [4.78, 5) is 4.53. The van der Waals surface area contributed by atoms with Gasteiger partial charge in [0.2, 0.25) is 0 Å². The van der Waals surface area contributed by atoms with E-state index in [0.29, 0.717) is 0 Å². The molecule has 1 aromatic carbocycles. The summed E-state index contributed by atoms with van der Waals surface area (Å²) in [7, 11) is 0. The smallest absolute Gasteiger partial charge is 0.126 e. The number of nitrogens with one attached hydrogen (secondary N) is 1. The molecule has 3 nitrogen and oxygen atoms in total. The molecule has 0 bridgehead atoms. The molecule has 118 valence electrons. The van der Waals surface area contributed by atoms with Crippen LogP contribution >= 0.6 is 15.9 Å². The second-order valence-electron chi connectivity index (χ2n) is 6.25. The molecule has 0 radical (unpaired) electrons. The largest absolute Gasteiger partial charge is 0.396 e. The highest BCUT2D eigenvalue weighted by Gasteiger charge is 2.30. The second-order valence-corrected chi connectivity index (χ2v) is 7.11. The van der Waals surface area contributed by atoms with Gasteiger partial charge in [0.05, 0.1) is 5.69 Å². The zero-order chi connectivity index (χ0) is 16.2. The van der Waals surface area contributed by atoms with E-state index in [0.717, 1.165) is 22.5 Å². The molecule has 2 rings (SSSR count). The minimum Gasteiger partial charge on any atom is -0.396 e. The van der Waals surface area contributed by atoms with Gasteiger partial charge in [-0.15, -0.1) is 0 Å². The van der Waals surface area contributed by atoms with Crippen molar-refractivity contribution in [3.05, 3.63) is 58.2 Å². The Hall–Kier alpha value is -1.39. The maximum absolute atomic E-state index is 9.75. The molecule has 0 aliphatic carbocycles. The maximum atomic E-state index is 9.75. The lowest BCUT2D eigenvalue weighted by atomic mass is 9.75. The minimum absolute atomic E-state index is 0.140. The third kappa shape index (κ3) is 4.08. The lowest BCUT2D eigenvalue weighted by molar-refractivity contribution is 0.134. The van der Waals surface area contributed by atoms with Gasteiger partial charge in [-0.05, 0) is 46.0 Å². The van der Waals surface area contributed by atoms with E-state index in [1.807, 2.05) is 37.3 Å². The summed E-state index contributed by atoms with van der Waals surface area (Å²) in [5.74, 6) is 1.06. The van der Waals surface area contributed by atoms with Crippen LogP contribution in [0.1, 0.15) is 31.0 Å². The highest BCUT2D eigenvalue weighted by atomic mass is 79.9. The molecule has 0 aliphatic rings. The van der Waals surface area contributed by atoms with Gasteiger partial charge in [-0.1, -0.05) is 44.2 Å². The Morgan fingerprint density at radius 2 is 1.86 bits per heavy atom. The summed E-state index contributed by atoms with van der Waals surface area (Å²) in [6, 6.07) is 14.3. The molecule has 0 amide bonds. The van der Waals surface area contributed by atoms with Gasteiger partial charge < -0.3 is 10.4 Å². The van der Waals surface area contributed by atoms with Crippen LogP contribution in [0.3, 0.4) is 0 Å². The molecular formula is C18H23BrN2O. The molecule has 1 aromatic heterocycles. The number of aryl methyl sites for hydroxylation is 1. The van der Waals surface area contributed by atoms with Gasteiger partial charge in [0, 0.05) is 23.5 Å². The Morgan fingerprint density at radius 1 is 1.18 bits per heavy atom. The fourth-order valence-electron chi connectivity index (χ4n) is 2.49. The second kappa shape index (κ2) is 7.25. The summed E-state index contributed by atoms with van der Waals surface area (Å²) in [6.07, 6.45) is 0. The van der Waals surface area contributed by atoms with Crippen LogP contribution in [-0.2, 0) is 0 Å². The van der Waals surface area contributed by atoms with Crippen LogP contribution in [0.4, 0.5) is 5.82 Å². The summed E-state index contributed by atoms with van der Waals surface area (Å²) in [6.45, 7) is 7.02. The summed E-state index contributed by atoms with van der Waals surface area (Å²) < 4.78 is 1.01. The molecule has 1 heterocycles. The van der Waals surface area contributed by atoms with Gasteiger partial charge in [-0.25, -0.2) is 4.98 Å². The van der Waals surface area contributed by atoms with E-state index in [4.69, 9.17) is 0 Å². The summed E-state index contributed by atoms with van der Waals surface area (Å²) in [5, 5.41) is 13.2. The summed E-state index contributed by atoms with van der Waals surface area (Å²) >= 11 is 3.47. The molecule has 0 fully saturated rings. The predicted octanol–water partition coefficient (Wildman–Crippen LogP) is 4.37. The molecule has 2 aromatic rings. The number of aliphatic hydroxyl groups excluding tert-OH is 1. The molecule has 1 atom stereocenters. The Kier molecular flexibility index (Phi) is 5.59. The van der Waals surface area contributed by atoms with Crippen LogP contribution in [0.2, 0.25) is 0 Å². The van der Waals surface area contributed by atoms with Crippen molar-refractivity contribution in [2.45, 2.75) is 26.7 Å². The third-order valence-corrected chi connectivity index (χ3v) is 4.90. The first-order valence-electron chi connectivity index (χ1n) is 7.47. The fourth-order valence-corrected chi connectivity index (χ4v) is 2.71. The average Bonchev–Trinajstić information content (AvgIpc) is 2.52. The van der Waals surface area contributed by atoms with Crippen molar-refractivity contribution in [3.63, 3.8) is 0 Å². The van der Waals surface area contributed by atoms with Gasteiger partial charge in [-0.2, -0.15) is 0 Å². The fraction of sp³-hybridized carbons (Fsp3) is 0.389. The zero-order valence-corrected chi connectivity index (χ0v) is 14.9. The number of aromatic nitrogens is 1. The Bertz CT molecular complexity index is 614. The van der Waals surface area contributed by atoms with Crippen LogP contribution in [0, 0.1) is 12.3 Å². The monoisotopic (exact) mass is 362 g/mol. The van der Waals surface area contributed by atoms with Crippen molar-refractivity contribution in [2.24, 2.45) is 5.41 Å². The minimum atomic E-state index is -0.210. The number of halogens is 1. The van der Waals surface area contributed by atoms with Crippen molar-refractivity contribution in [2.75, 3.05) is 18.5 Å². The number of nitrogens with zero attached hydrogens (tertiary/aromatic N) is 1. The predicted molar refractivity (Wildman–Crippen MR) is 95.2 cm³/mol. The zero-order valence-electron chi connectivity index (χ0n) is 13.3. The maximum Gasteiger partial charge on any atom is 0.126 e. The number of hydrogen-bond donors (Lipinski definition) is 2. The molecule has 2 N–H and O–H groups in total. The van der Waals surface area contributed by atoms with Crippen LogP contribution in [0.5, 0.6) is 0 Å². The first kappa shape index (κ1) is 17.0. The molecule has 0 saturated carbocycles.